The molecule has 0 saturated carbocycles. The normalized spacial score (nSPS) is 15.7. The summed E-state index contributed by atoms with van der Waals surface area (Å²) in [6.07, 6.45) is 0. The number of hydrogen-bond acceptors (Lipinski definition) is 5. The fourth-order valence-electron chi connectivity index (χ4n) is 4.58. The molecule has 35 heavy (non-hydrogen) atoms. The molecule has 5 rings (SSSR count). The number of nitrogens with one attached hydrogen (secondary N) is 1. The van der Waals surface area contributed by atoms with Crippen LogP contribution in [0.2, 0.25) is 0 Å². The molecule has 0 bridgehead atoms. The molecule has 180 valence electrons. The molecule has 7 heteroatoms. The van der Waals surface area contributed by atoms with Crippen LogP contribution in [0, 0.1) is 11.6 Å². The number of fused-ring (bicyclic) bond motifs is 2. The van der Waals surface area contributed by atoms with Crippen molar-refractivity contribution in [2.24, 2.45) is 0 Å². The van der Waals surface area contributed by atoms with E-state index in [1.165, 1.54) is 17.7 Å². The van der Waals surface area contributed by atoms with Gasteiger partial charge in [-0.2, -0.15) is 0 Å². The first-order valence-corrected chi connectivity index (χ1v) is 11.7. The van der Waals surface area contributed by atoms with Crippen molar-refractivity contribution >= 4 is 16.9 Å². The van der Waals surface area contributed by atoms with Gasteiger partial charge in [-0.3, -0.25) is 4.90 Å². The third-order valence-electron chi connectivity index (χ3n) is 6.89. The molecule has 3 N–H and O–H groups in total. The van der Waals surface area contributed by atoms with Crippen molar-refractivity contribution < 1.29 is 8.78 Å². The van der Waals surface area contributed by atoms with Crippen LogP contribution in [0.1, 0.15) is 49.2 Å². The van der Waals surface area contributed by atoms with Gasteiger partial charge in [-0.15, -0.1) is 0 Å². The topological polar surface area (TPSA) is 67.1 Å². The highest BCUT2D eigenvalue weighted by molar-refractivity contribution is 5.88. The summed E-state index contributed by atoms with van der Waals surface area (Å²) >= 11 is 0. The van der Waals surface area contributed by atoms with Gasteiger partial charge in [-0.05, 0) is 79.9 Å². The number of anilines is 1. The molecule has 4 aromatic rings. The van der Waals surface area contributed by atoms with E-state index in [0.29, 0.717) is 23.2 Å². The van der Waals surface area contributed by atoms with E-state index in [0.717, 1.165) is 28.8 Å². The van der Waals surface area contributed by atoms with Gasteiger partial charge in [0.1, 0.15) is 0 Å². The number of benzene rings is 3. The van der Waals surface area contributed by atoms with Crippen molar-refractivity contribution in [1.29, 1.82) is 0 Å². The zero-order chi connectivity index (χ0) is 24.9. The molecule has 1 atom stereocenters. The maximum atomic E-state index is 14.4. The summed E-state index contributed by atoms with van der Waals surface area (Å²) in [5.41, 5.74) is 11.9. The highest BCUT2D eigenvalue weighted by Crippen LogP contribution is 2.36. The number of aromatic nitrogens is 2. The Morgan fingerprint density at radius 3 is 2.54 bits per heavy atom. The first-order valence-electron chi connectivity index (χ1n) is 11.7. The maximum Gasteiger partial charge on any atom is 0.220 e. The molecule has 0 saturated heterocycles. The van der Waals surface area contributed by atoms with Crippen LogP contribution < -0.4 is 11.1 Å². The van der Waals surface area contributed by atoms with Crippen LogP contribution in [0.4, 0.5) is 14.7 Å². The van der Waals surface area contributed by atoms with Crippen LogP contribution in [0.15, 0.2) is 54.6 Å². The Kier molecular flexibility index (Phi) is 5.77. The molecule has 0 radical (unpaired) electrons. The first-order chi connectivity index (χ1) is 16.6. The van der Waals surface area contributed by atoms with E-state index in [2.05, 4.69) is 53.1 Å². The predicted octanol–water partition coefficient (Wildman–Crippen LogP) is 5.58. The number of halogens is 2. The van der Waals surface area contributed by atoms with Gasteiger partial charge in [0.2, 0.25) is 5.95 Å². The van der Waals surface area contributed by atoms with E-state index in [1.807, 2.05) is 37.4 Å². The zero-order valence-corrected chi connectivity index (χ0v) is 20.4. The van der Waals surface area contributed by atoms with Crippen LogP contribution in [0.25, 0.3) is 22.0 Å². The SMILES string of the molecule is CN(Cc1cc(F)c(F)cc1-c1ccc2nc(N)nc(C3NCc4ccccc43)c2c1)C(C)(C)C. The standard InChI is InChI=1S/C28H29F2N5/c1-28(2,3)35(4)15-18-12-22(29)23(30)13-20(18)16-9-10-24-21(11-16)26(34-27(31)33-24)25-19-8-6-5-7-17(19)14-32-25/h5-13,25,32H,14-15H2,1-4H3,(H2,31,33,34). The van der Waals surface area contributed by atoms with Gasteiger partial charge in [0.05, 0.1) is 17.3 Å². The summed E-state index contributed by atoms with van der Waals surface area (Å²) in [5.74, 6) is -1.52. The second kappa shape index (κ2) is 8.66. The average Bonchev–Trinajstić information content (AvgIpc) is 3.24. The Bertz CT molecular complexity index is 1430. The van der Waals surface area contributed by atoms with Crippen LogP contribution in [-0.4, -0.2) is 27.5 Å². The van der Waals surface area contributed by atoms with Crippen molar-refractivity contribution in [3.8, 4) is 11.1 Å². The van der Waals surface area contributed by atoms with Gasteiger partial charge in [0, 0.05) is 24.0 Å². The van der Waals surface area contributed by atoms with E-state index in [9.17, 15) is 8.78 Å². The molecule has 1 aliphatic rings. The molecule has 0 amide bonds. The van der Waals surface area contributed by atoms with Gasteiger partial charge < -0.3 is 11.1 Å². The van der Waals surface area contributed by atoms with Crippen molar-refractivity contribution in [1.82, 2.24) is 20.2 Å². The lowest BCUT2D eigenvalue weighted by Gasteiger charge is -2.32. The molecule has 0 aliphatic carbocycles. The smallest absolute Gasteiger partial charge is 0.220 e. The summed E-state index contributed by atoms with van der Waals surface area (Å²) in [7, 11) is 1.98. The van der Waals surface area contributed by atoms with E-state index in [4.69, 9.17) is 5.73 Å². The Balaban J connectivity index is 1.66. The monoisotopic (exact) mass is 473 g/mol. The first kappa shape index (κ1) is 23.3. The average molecular weight is 474 g/mol. The van der Waals surface area contributed by atoms with E-state index >= 15 is 0 Å². The lowest BCUT2D eigenvalue weighted by molar-refractivity contribution is 0.167. The third-order valence-corrected chi connectivity index (χ3v) is 6.89. The van der Waals surface area contributed by atoms with Crippen LogP contribution in [0.5, 0.6) is 0 Å². The van der Waals surface area contributed by atoms with Crippen molar-refractivity contribution in [2.75, 3.05) is 12.8 Å². The Morgan fingerprint density at radius 1 is 1.03 bits per heavy atom. The minimum atomic E-state index is -0.873. The maximum absolute atomic E-state index is 14.4. The molecular weight excluding hydrogens is 444 g/mol. The summed E-state index contributed by atoms with van der Waals surface area (Å²) in [4.78, 5) is 11.2. The molecule has 0 spiro atoms. The lowest BCUT2D eigenvalue weighted by atomic mass is 9.94. The van der Waals surface area contributed by atoms with Gasteiger partial charge in [0.25, 0.3) is 0 Å². The zero-order valence-electron chi connectivity index (χ0n) is 20.4. The fourth-order valence-corrected chi connectivity index (χ4v) is 4.58. The van der Waals surface area contributed by atoms with Crippen LogP contribution in [0.3, 0.4) is 0 Å². The summed E-state index contributed by atoms with van der Waals surface area (Å²) in [6.45, 7) is 7.46. The van der Waals surface area contributed by atoms with Gasteiger partial charge in [0.15, 0.2) is 11.6 Å². The summed E-state index contributed by atoms with van der Waals surface area (Å²) in [6, 6.07) is 16.4. The number of hydrogen-bond donors (Lipinski definition) is 2. The van der Waals surface area contributed by atoms with Gasteiger partial charge in [-0.25, -0.2) is 18.7 Å². The second-order valence-electron chi connectivity index (χ2n) is 10.2. The quantitative estimate of drug-likeness (QED) is 0.405. The Morgan fingerprint density at radius 2 is 1.77 bits per heavy atom. The molecule has 1 unspecified atom stereocenters. The van der Waals surface area contributed by atoms with Crippen LogP contribution >= 0.6 is 0 Å². The van der Waals surface area contributed by atoms with Crippen molar-refractivity contribution in [3.05, 3.63) is 88.6 Å². The highest BCUT2D eigenvalue weighted by Gasteiger charge is 2.27. The second-order valence-corrected chi connectivity index (χ2v) is 10.2. The van der Waals surface area contributed by atoms with Crippen LogP contribution in [-0.2, 0) is 13.1 Å². The minimum Gasteiger partial charge on any atom is -0.368 e. The van der Waals surface area contributed by atoms with Crippen molar-refractivity contribution in [2.45, 2.75) is 45.4 Å². The summed E-state index contributed by atoms with van der Waals surface area (Å²) < 4.78 is 28.7. The van der Waals surface area contributed by atoms with Crippen molar-refractivity contribution in [3.63, 3.8) is 0 Å². The molecule has 1 aliphatic heterocycles. The fraction of sp³-hybridized carbons (Fsp3) is 0.286. The van der Waals surface area contributed by atoms with E-state index in [-0.39, 0.29) is 17.5 Å². The molecule has 0 fully saturated rings. The number of nitrogens with two attached hydrogens (primary N) is 1. The molecule has 3 aromatic carbocycles. The van der Waals surface area contributed by atoms with Gasteiger partial charge >= 0.3 is 0 Å². The lowest BCUT2D eigenvalue weighted by Crippen LogP contribution is -2.37. The Labute approximate surface area is 204 Å². The highest BCUT2D eigenvalue weighted by atomic mass is 19.2. The molecule has 1 aromatic heterocycles. The minimum absolute atomic E-state index is 0.133. The third kappa shape index (κ3) is 4.37. The number of nitrogen functional groups attached to an aromatic ring is 1. The number of rotatable bonds is 4. The molecular formula is C28H29F2N5. The van der Waals surface area contributed by atoms with E-state index < -0.39 is 11.6 Å². The van der Waals surface area contributed by atoms with E-state index in [1.54, 1.807) is 0 Å². The predicted molar refractivity (Wildman–Crippen MR) is 136 cm³/mol. The molecule has 5 nitrogen and oxygen atoms in total. The number of nitrogens with zero attached hydrogens (tertiary/aromatic N) is 3. The largest absolute Gasteiger partial charge is 0.368 e. The summed E-state index contributed by atoms with van der Waals surface area (Å²) in [5, 5.41) is 4.35. The van der Waals surface area contributed by atoms with Gasteiger partial charge in [-0.1, -0.05) is 30.3 Å². The molecule has 2 heterocycles. The Hall–Kier alpha value is -3.42.